The van der Waals surface area contributed by atoms with Gasteiger partial charge in [-0.3, -0.25) is 9.59 Å². The van der Waals surface area contributed by atoms with Gasteiger partial charge in [-0.2, -0.15) is 0 Å². The van der Waals surface area contributed by atoms with Crippen LogP contribution < -0.4 is 5.56 Å². The number of hydrogen-bond donors (Lipinski definition) is 1. The Morgan fingerprint density at radius 1 is 1.22 bits per heavy atom. The number of H-pyrrole nitrogens is 1. The van der Waals surface area contributed by atoms with Crippen LogP contribution in [0.25, 0.3) is 10.9 Å². The maximum Gasteiger partial charge on any atom is 0.270 e. The van der Waals surface area contributed by atoms with Crippen LogP contribution in [0.3, 0.4) is 0 Å². The lowest BCUT2D eigenvalue weighted by Crippen LogP contribution is -2.29. The molecule has 0 aliphatic heterocycles. The number of halogens is 3. The third-order valence-corrected chi connectivity index (χ3v) is 4.03. The van der Waals surface area contributed by atoms with E-state index in [4.69, 9.17) is 35.4 Å². The number of nitrogens with zero attached hydrogens (tertiary/aromatic N) is 1. The summed E-state index contributed by atoms with van der Waals surface area (Å²) in [7, 11) is 0. The van der Waals surface area contributed by atoms with Gasteiger partial charge in [0.25, 0.3) is 11.5 Å². The summed E-state index contributed by atoms with van der Waals surface area (Å²) in [4.78, 5) is 27.8. The molecular formula is C15H7Cl2FN2O2S. The van der Waals surface area contributed by atoms with Gasteiger partial charge in [-0.1, -0.05) is 35.3 Å². The first-order valence-corrected chi connectivity index (χ1v) is 7.50. The highest BCUT2D eigenvalue weighted by Gasteiger charge is 2.18. The Hall–Kier alpha value is -2.02. The van der Waals surface area contributed by atoms with Crippen molar-refractivity contribution in [1.82, 2.24) is 9.55 Å². The van der Waals surface area contributed by atoms with E-state index < -0.39 is 17.3 Å². The summed E-state index contributed by atoms with van der Waals surface area (Å²) in [5, 5.41) is 0.511. The monoisotopic (exact) mass is 368 g/mol. The Bertz CT molecular complexity index is 1080. The van der Waals surface area contributed by atoms with E-state index in [1.54, 1.807) is 0 Å². The molecule has 0 amide bonds. The number of fused-ring (bicyclic) bond motifs is 1. The molecule has 3 rings (SSSR count). The molecule has 0 atom stereocenters. The van der Waals surface area contributed by atoms with Gasteiger partial charge < -0.3 is 4.98 Å². The Morgan fingerprint density at radius 2 is 1.91 bits per heavy atom. The zero-order valence-corrected chi connectivity index (χ0v) is 13.6. The highest BCUT2D eigenvalue weighted by Crippen LogP contribution is 2.24. The maximum absolute atomic E-state index is 13.8. The van der Waals surface area contributed by atoms with Crippen LogP contribution in [0.5, 0.6) is 0 Å². The lowest BCUT2D eigenvalue weighted by molar-refractivity contribution is 0.0949. The average molecular weight is 369 g/mol. The summed E-state index contributed by atoms with van der Waals surface area (Å²) in [6.07, 6.45) is 0. The minimum atomic E-state index is -0.868. The molecule has 0 saturated heterocycles. The lowest BCUT2D eigenvalue weighted by Gasteiger charge is -2.09. The number of aromatic nitrogens is 2. The van der Waals surface area contributed by atoms with Gasteiger partial charge in [0.15, 0.2) is 4.77 Å². The molecule has 4 nitrogen and oxygen atoms in total. The van der Waals surface area contributed by atoms with Crippen molar-refractivity contribution in [2.75, 3.05) is 0 Å². The summed E-state index contributed by atoms with van der Waals surface area (Å²) in [5.74, 6) is -1.62. The van der Waals surface area contributed by atoms with E-state index in [-0.39, 0.29) is 31.3 Å². The number of carbonyl (C=O) groups excluding carboxylic acids is 1. The van der Waals surface area contributed by atoms with Crippen molar-refractivity contribution in [2.45, 2.75) is 0 Å². The molecule has 1 N–H and O–H groups in total. The molecule has 3 aromatic rings. The summed E-state index contributed by atoms with van der Waals surface area (Å²) < 4.78 is 14.3. The van der Waals surface area contributed by atoms with Gasteiger partial charge in [-0.25, -0.2) is 8.96 Å². The Kier molecular flexibility index (Phi) is 4.06. The minimum Gasteiger partial charge on any atom is -0.330 e. The van der Waals surface area contributed by atoms with Crippen molar-refractivity contribution in [3.8, 4) is 0 Å². The first-order chi connectivity index (χ1) is 10.9. The fourth-order valence-electron chi connectivity index (χ4n) is 2.18. The number of rotatable bonds is 1. The molecule has 0 unspecified atom stereocenters. The van der Waals surface area contributed by atoms with E-state index in [0.29, 0.717) is 4.57 Å². The van der Waals surface area contributed by atoms with Gasteiger partial charge in [-0.05, 0) is 36.5 Å². The van der Waals surface area contributed by atoms with Crippen LogP contribution in [0.2, 0.25) is 10.0 Å². The topological polar surface area (TPSA) is 54.9 Å². The molecule has 1 heterocycles. The Balaban J connectivity index is 2.35. The number of aromatic amines is 1. The summed E-state index contributed by atoms with van der Waals surface area (Å²) in [5.41, 5.74) is -0.716. The molecule has 1 aromatic heterocycles. The normalized spacial score (nSPS) is 10.9. The van der Waals surface area contributed by atoms with Gasteiger partial charge in [0, 0.05) is 5.02 Å². The van der Waals surface area contributed by atoms with Gasteiger partial charge in [0.1, 0.15) is 5.82 Å². The number of nitrogens with one attached hydrogen (secondary N) is 1. The standard InChI is InChI=1S/C15H7Cl2FN2O2S/c16-7-5-9-12(10(17)6-7)19-15(23)20(14(9)22)13(21)8-3-1-2-4-11(8)18/h1-6H,(H,19,23). The van der Waals surface area contributed by atoms with E-state index in [0.717, 1.165) is 6.07 Å². The second-order valence-electron chi connectivity index (χ2n) is 4.67. The fraction of sp³-hybridized carbons (Fsp3) is 0. The first kappa shape index (κ1) is 15.9. The molecular weight excluding hydrogens is 362 g/mol. The molecule has 0 saturated carbocycles. The van der Waals surface area contributed by atoms with Crippen LogP contribution in [0.1, 0.15) is 10.4 Å². The molecule has 0 radical (unpaired) electrons. The van der Waals surface area contributed by atoms with Crippen molar-refractivity contribution >= 4 is 52.2 Å². The van der Waals surface area contributed by atoms with Crippen molar-refractivity contribution < 1.29 is 9.18 Å². The number of benzene rings is 2. The highest BCUT2D eigenvalue weighted by molar-refractivity contribution is 7.71. The molecule has 0 spiro atoms. The fourth-order valence-corrected chi connectivity index (χ4v) is 2.99. The van der Waals surface area contributed by atoms with Gasteiger partial charge >= 0.3 is 0 Å². The van der Waals surface area contributed by atoms with Gasteiger partial charge in [-0.15, -0.1) is 0 Å². The zero-order valence-electron chi connectivity index (χ0n) is 11.3. The average Bonchev–Trinajstić information content (AvgIpc) is 2.49. The second kappa shape index (κ2) is 5.88. The van der Waals surface area contributed by atoms with Crippen LogP contribution in [0, 0.1) is 10.6 Å². The molecule has 0 bridgehead atoms. The number of hydrogen-bond acceptors (Lipinski definition) is 3. The van der Waals surface area contributed by atoms with E-state index in [1.165, 1.54) is 30.3 Å². The zero-order chi connectivity index (χ0) is 16.7. The Labute approximate surface area is 144 Å². The van der Waals surface area contributed by atoms with Crippen LogP contribution >= 0.6 is 35.4 Å². The van der Waals surface area contributed by atoms with Crippen molar-refractivity contribution in [3.63, 3.8) is 0 Å². The third-order valence-electron chi connectivity index (χ3n) is 3.23. The molecule has 2 aromatic carbocycles. The smallest absolute Gasteiger partial charge is 0.270 e. The van der Waals surface area contributed by atoms with E-state index in [2.05, 4.69) is 4.98 Å². The first-order valence-electron chi connectivity index (χ1n) is 6.33. The minimum absolute atomic E-state index is 0.0841. The largest absolute Gasteiger partial charge is 0.330 e. The second-order valence-corrected chi connectivity index (χ2v) is 5.90. The van der Waals surface area contributed by atoms with Crippen LogP contribution in [0.4, 0.5) is 4.39 Å². The Morgan fingerprint density at radius 3 is 2.61 bits per heavy atom. The predicted octanol–water partition coefficient (Wildman–Crippen LogP) is 4.19. The van der Waals surface area contributed by atoms with Gasteiger partial charge in [0.2, 0.25) is 0 Å². The summed E-state index contributed by atoms with van der Waals surface area (Å²) >= 11 is 17.0. The van der Waals surface area contributed by atoms with E-state index >= 15 is 0 Å². The van der Waals surface area contributed by atoms with E-state index in [1.807, 2.05) is 0 Å². The highest BCUT2D eigenvalue weighted by atomic mass is 35.5. The quantitative estimate of drug-likeness (QED) is 0.655. The maximum atomic E-state index is 13.8. The summed E-state index contributed by atoms with van der Waals surface area (Å²) in [6, 6.07) is 8.13. The van der Waals surface area contributed by atoms with Crippen LogP contribution in [-0.4, -0.2) is 15.5 Å². The van der Waals surface area contributed by atoms with Gasteiger partial charge in [0.05, 0.1) is 21.5 Å². The van der Waals surface area contributed by atoms with Crippen LogP contribution in [-0.2, 0) is 0 Å². The van der Waals surface area contributed by atoms with Crippen molar-refractivity contribution in [1.29, 1.82) is 0 Å². The van der Waals surface area contributed by atoms with E-state index in [9.17, 15) is 14.0 Å². The summed E-state index contributed by atoms with van der Waals surface area (Å²) in [6.45, 7) is 0. The molecule has 0 fully saturated rings. The predicted molar refractivity (Wildman–Crippen MR) is 89.5 cm³/mol. The molecule has 0 aliphatic rings. The molecule has 8 heteroatoms. The number of carbonyl (C=O) groups is 1. The lowest BCUT2D eigenvalue weighted by atomic mass is 10.2. The van der Waals surface area contributed by atoms with Crippen LogP contribution in [0.15, 0.2) is 41.2 Å². The van der Waals surface area contributed by atoms with Crippen molar-refractivity contribution in [3.05, 3.63) is 72.9 Å². The molecule has 116 valence electrons. The molecule has 0 aliphatic carbocycles. The van der Waals surface area contributed by atoms with Crippen molar-refractivity contribution in [2.24, 2.45) is 0 Å². The SMILES string of the molecule is O=C(c1ccccc1F)n1c(=S)[nH]c2c(Cl)cc(Cl)cc2c1=O. The molecule has 23 heavy (non-hydrogen) atoms. The third kappa shape index (κ3) is 2.69.